The van der Waals surface area contributed by atoms with Crippen molar-refractivity contribution in [2.75, 3.05) is 19.8 Å². The molecule has 10 heteroatoms. The van der Waals surface area contributed by atoms with Crippen molar-refractivity contribution in [1.82, 2.24) is 0 Å². The van der Waals surface area contributed by atoms with Gasteiger partial charge in [-0.05, 0) is 38.5 Å². The maximum absolute atomic E-state index is 12.9. The lowest BCUT2D eigenvalue weighted by Crippen LogP contribution is -2.59. The van der Waals surface area contributed by atoms with Crippen LogP contribution >= 0.6 is 0 Å². The van der Waals surface area contributed by atoms with E-state index in [1.807, 2.05) is 0 Å². The molecule has 1 fully saturated rings. The Bertz CT molecular complexity index is 1050. The first-order valence-electron chi connectivity index (χ1n) is 27.3. The molecular formula is C54H102O10. The number of aliphatic hydroxyl groups is 4. The molecule has 0 saturated carbocycles. The van der Waals surface area contributed by atoms with Crippen LogP contribution in [0.15, 0.2) is 12.2 Å². The van der Waals surface area contributed by atoms with Crippen LogP contribution in [-0.4, -0.2) is 89.0 Å². The molecule has 64 heavy (non-hydrogen) atoms. The minimum absolute atomic E-state index is 0.212. The first-order chi connectivity index (χ1) is 31.3. The molecule has 1 rings (SSSR count). The van der Waals surface area contributed by atoms with E-state index in [1.54, 1.807) is 0 Å². The number of hydrogen-bond donors (Lipinski definition) is 4. The minimum Gasteiger partial charge on any atom is -0.462 e. The number of carbonyl (C=O) groups is 2. The van der Waals surface area contributed by atoms with E-state index in [0.717, 1.165) is 38.5 Å². The summed E-state index contributed by atoms with van der Waals surface area (Å²) in [5.41, 5.74) is 0. The second-order valence-corrected chi connectivity index (χ2v) is 19.0. The van der Waals surface area contributed by atoms with Gasteiger partial charge in [-0.15, -0.1) is 0 Å². The van der Waals surface area contributed by atoms with Crippen LogP contribution in [0.5, 0.6) is 0 Å². The molecule has 0 aliphatic carbocycles. The molecule has 1 aliphatic rings. The number of rotatable bonds is 47. The molecule has 1 aliphatic heterocycles. The molecule has 6 atom stereocenters. The predicted octanol–water partition coefficient (Wildman–Crippen LogP) is 13.1. The lowest BCUT2D eigenvalue weighted by Gasteiger charge is -2.39. The van der Waals surface area contributed by atoms with Crippen molar-refractivity contribution >= 4 is 11.9 Å². The zero-order chi connectivity index (χ0) is 46.6. The van der Waals surface area contributed by atoms with Crippen LogP contribution in [0.4, 0.5) is 0 Å². The summed E-state index contributed by atoms with van der Waals surface area (Å²) in [4.78, 5) is 25.5. The second-order valence-electron chi connectivity index (χ2n) is 19.0. The molecular weight excluding hydrogens is 809 g/mol. The summed E-state index contributed by atoms with van der Waals surface area (Å²) in [6, 6.07) is 0. The molecule has 0 amide bonds. The fourth-order valence-electron chi connectivity index (χ4n) is 8.60. The highest BCUT2D eigenvalue weighted by Gasteiger charge is 2.44. The van der Waals surface area contributed by atoms with Crippen molar-refractivity contribution in [3.63, 3.8) is 0 Å². The highest BCUT2D eigenvalue weighted by molar-refractivity contribution is 5.70. The van der Waals surface area contributed by atoms with Gasteiger partial charge in [0.15, 0.2) is 12.4 Å². The fraction of sp³-hybridized carbons (Fsp3) is 0.926. The highest BCUT2D eigenvalue weighted by Crippen LogP contribution is 2.23. The Kier molecular flexibility index (Phi) is 42.7. The van der Waals surface area contributed by atoms with E-state index in [-0.39, 0.29) is 32.0 Å². The predicted molar refractivity (Wildman–Crippen MR) is 261 cm³/mol. The summed E-state index contributed by atoms with van der Waals surface area (Å²) in [6.07, 6.45) is 43.6. The van der Waals surface area contributed by atoms with Gasteiger partial charge in [0.1, 0.15) is 31.0 Å². The van der Waals surface area contributed by atoms with Gasteiger partial charge in [-0.2, -0.15) is 0 Å². The standard InChI is InChI=1S/C54H102O10/c1-3-5-7-9-11-13-15-17-19-21-22-23-24-25-27-29-31-33-35-37-39-41-43-50(57)63-47(46-62-54-53(60)52(59)51(58)48(44-55)64-54)45-61-49(56)42-40-38-36-34-32-30-28-26-20-18-16-14-12-10-8-6-4-2/h14,16,47-48,51-55,58-60H,3-13,15,17-46H2,1-2H3/b16-14+/t47-,48-,51+,52?,53?,54-/m1/s1. The molecule has 0 aromatic heterocycles. The van der Waals surface area contributed by atoms with Gasteiger partial charge in [0.05, 0.1) is 13.2 Å². The van der Waals surface area contributed by atoms with Crippen LogP contribution < -0.4 is 0 Å². The van der Waals surface area contributed by atoms with Crippen LogP contribution in [0.25, 0.3) is 0 Å². The first kappa shape index (κ1) is 60.5. The van der Waals surface area contributed by atoms with Crippen molar-refractivity contribution in [3.8, 4) is 0 Å². The van der Waals surface area contributed by atoms with Crippen LogP contribution in [0.3, 0.4) is 0 Å². The normalized spacial score (nSPS) is 19.4. The third-order valence-corrected chi connectivity index (χ3v) is 12.9. The van der Waals surface area contributed by atoms with Crippen molar-refractivity contribution < 1.29 is 49.0 Å². The van der Waals surface area contributed by atoms with Gasteiger partial charge in [0.25, 0.3) is 0 Å². The topological polar surface area (TPSA) is 152 Å². The molecule has 0 radical (unpaired) electrons. The number of hydrogen-bond acceptors (Lipinski definition) is 10. The maximum Gasteiger partial charge on any atom is 0.306 e. The fourth-order valence-corrected chi connectivity index (χ4v) is 8.60. The summed E-state index contributed by atoms with van der Waals surface area (Å²) in [5, 5.41) is 40.2. The smallest absolute Gasteiger partial charge is 0.306 e. The van der Waals surface area contributed by atoms with Gasteiger partial charge >= 0.3 is 11.9 Å². The Morgan fingerprint density at radius 1 is 0.469 bits per heavy atom. The van der Waals surface area contributed by atoms with Crippen molar-refractivity contribution in [2.24, 2.45) is 0 Å². The average Bonchev–Trinajstić information content (AvgIpc) is 3.29. The van der Waals surface area contributed by atoms with Gasteiger partial charge in [0.2, 0.25) is 0 Å². The largest absolute Gasteiger partial charge is 0.462 e. The zero-order valence-electron chi connectivity index (χ0n) is 41.6. The second kappa shape index (κ2) is 45.2. The number of carbonyl (C=O) groups excluding carboxylic acids is 2. The average molecular weight is 911 g/mol. The molecule has 378 valence electrons. The Balaban J connectivity index is 2.21. The van der Waals surface area contributed by atoms with E-state index >= 15 is 0 Å². The van der Waals surface area contributed by atoms with E-state index in [1.165, 1.54) is 193 Å². The van der Waals surface area contributed by atoms with Gasteiger partial charge in [-0.25, -0.2) is 0 Å². The molecule has 0 aromatic carbocycles. The lowest BCUT2D eigenvalue weighted by molar-refractivity contribution is -0.305. The maximum atomic E-state index is 12.9. The Morgan fingerprint density at radius 2 is 0.828 bits per heavy atom. The molecule has 1 saturated heterocycles. The van der Waals surface area contributed by atoms with E-state index in [0.29, 0.717) is 6.42 Å². The van der Waals surface area contributed by atoms with Crippen LogP contribution in [0, 0.1) is 0 Å². The van der Waals surface area contributed by atoms with E-state index in [4.69, 9.17) is 18.9 Å². The Hall–Kier alpha value is -1.56. The molecule has 4 N–H and O–H groups in total. The number of ether oxygens (including phenoxy) is 4. The summed E-state index contributed by atoms with van der Waals surface area (Å²) >= 11 is 0. The number of unbranched alkanes of at least 4 members (excludes halogenated alkanes) is 34. The summed E-state index contributed by atoms with van der Waals surface area (Å²) in [6.45, 7) is 3.47. The molecule has 0 aromatic rings. The minimum atomic E-state index is -1.59. The van der Waals surface area contributed by atoms with Crippen LogP contribution in [0.2, 0.25) is 0 Å². The molecule has 0 spiro atoms. The number of aliphatic hydroxyl groups excluding tert-OH is 4. The lowest BCUT2D eigenvalue weighted by atomic mass is 9.99. The number of esters is 2. The van der Waals surface area contributed by atoms with E-state index in [2.05, 4.69) is 26.0 Å². The van der Waals surface area contributed by atoms with Crippen LogP contribution in [0.1, 0.15) is 264 Å². The summed E-state index contributed by atoms with van der Waals surface area (Å²) < 4.78 is 22.3. The Morgan fingerprint density at radius 3 is 1.23 bits per heavy atom. The first-order valence-corrected chi connectivity index (χ1v) is 27.3. The zero-order valence-corrected chi connectivity index (χ0v) is 41.6. The summed E-state index contributed by atoms with van der Waals surface area (Å²) in [7, 11) is 0. The highest BCUT2D eigenvalue weighted by atomic mass is 16.7. The molecule has 10 nitrogen and oxygen atoms in total. The monoisotopic (exact) mass is 911 g/mol. The summed E-state index contributed by atoms with van der Waals surface area (Å²) in [5.74, 6) is -0.792. The van der Waals surface area contributed by atoms with Crippen molar-refractivity contribution in [3.05, 3.63) is 12.2 Å². The Labute approximate surface area is 392 Å². The van der Waals surface area contributed by atoms with Crippen LogP contribution in [-0.2, 0) is 28.5 Å². The van der Waals surface area contributed by atoms with Gasteiger partial charge in [0, 0.05) is 12.8 Å². The quantitative estimate of drug-likeness (QED) is 0.0264. The van der Waals surface area contributed by atoms with Gasteiger partial charge < -0.3 is 39.4 Å². The molecule has 0 bridgehead atoms. The van der Waals surface area contributed by atoms with Crippen molar-refractivity contribution in [1.29, 1.82) is 0 Å². The third kappa shape index (κ3) is 35.6. The van der Waals surface area contributed by atoms with E-state index < -0.39 is 49.4 Å². The molecule has 2 unspecified atom stereocenters. The SMILES string of the molecule is CCCCCC/C=C/CCCCCCCCCCCC(=O)OC[C@H](CO[C@@H]1O[C@H](CO)[C@H](O)C(O)C1O)OC(=O)CCCCCCCCCCCCCCCCCCCCCCCC. The van der Waals surface area contributed by atoms with Gasteiger partial charge in [-0.1, -0.05) is 225 Å². The third-order valence-electron chi connectivity index (χ3n) is 12.9. The van der Waals surface area contributed by atoms with Crippen molar-refractivity contribution in [2.45, 2.75) is 301 Å². The number of allylic oxidation sites excluding steroid dienone is 2. The van der Waals surface area contributed by atoms with Gasteiger partial charge in [-0.3, -0.25) is 9.59 Å². The molecule has 1 heterocycles. The van der Waals surface area contributed by atoms with E-state index in [9.17, 15) is 30.0 Å².